The van der Waals surface area contributed by atoms with Gasteiger partial charge in [0, 0.05) is 29.1 Å². The van der Waals surface area contributed by atoms with Gasteiger partial charge in [0.15, 0.2) is 0 Å². The van der Waals surface area contributed by atoms with E-state index in [1.54, 1.807) is 17.0 Å². The van der Waals surface area contributed by atoms with Gasteiger partial charge in [-0.25, -0.2) is 0 Å². The molecule has 6 heteroatoms. The van der Waals surface area contributed by atoms with Gasteiger partial charge in [0.1, 0.15) is 0 Å². The van der Waals surface area contributed by atoms with Crippen LogP contribution in [0.2, 0.25) is 10.0 Å². The van der Waals surface area contributed by atoms with Crippen molar-refractivity contribution in [2.24, 2.45) is 11.8 Å². The Kier molecular flexibility index (Phi) is 4.33. The molecule has 0 aromatic heterocycles. The van der Waals surface area contributed by atoms with Gasteiger partial charge in [0.2, 0.25) is 5.91 Å². The first-order valence-corrected chi connectivity index (χ1v) is 8.19. The van der Waals surface area contributed by atoms with E-state index in [0.717, 1.165) is 12.0 Å². The van der Waals surface area contributed by atoms with Crippen molar-refractivity contribution in [3.05, 3.63) is 33.8 Å². The largest absolute Gasteiger partial charge is 0.481 e. The highest BCUT2D eigenvalue weighted by molar-refractivity contribution is 6.35. The van der Waals surface area contributed by atoms with E-state index in [-0.39, 0.29) is 23.7 Å². The Hall–Kier alpha value is -1.26. The molecule has 1 aromatic rings. The number of benzene rings is 1. The number of halogens is 2. The molecular formula is C16H17Cl2NO3. The highest BCUT2D eigenvalue weighted by Crippen LogP contribution is 2.51. The Labute approximate surface area is 139 Å². The van der Waals surface area contributed by atoms with Crippen molar-refractivity contribution in [1.29, 1.82) is 0 Å². The van der Waals surface area contributed by atoms with Gasteiger partial charge in [-0.15, -0.1) is 0 Å². The molecule has 2 fully saturated rings. The second-order valence-electron chi connectivity index (χ2n) is 6.05. The van der Waals surface area contributed by atoms with Crippen LogP contribution in [0.4, 0.5) is 0 Å². The first kappa shape index (κ1) is 15.6. The van der Waals surface area contributed by atoms with E-state index in [2.05, 4.69) is 0 Å². The molecule has 0 bridgehead atoms. The minimum Gasteiger partial charge on any atom is -0.481 e. The maximum atomic E-state index is 12.5. The van der Waals surface area contributed by atoms with E-state index in [1.807, 2.05) is 6.07 Å². The summed E-state index contributed by atoms with van der Waals surface area (Å²) >= 11 is 12.1. The minimum atomic E-state index is -0.760. The molecule has 1 aromatic carbocycles. The molecule has 1 amide bonds. The molecule has 1 aliphatic heterocycles. The summed E-state index contributed by atoms with van der Waals surface area (Å²) in [5.74, 6) is -0.816. The van der Waals surface area contributed by atoms with Gasteiger partial charge in [0.05, 0.1) is 5.92 Å². The molecule has 0 radical (unpaired) electrons. The van der Waals surface area contributed by atoms with Crippen LogP contribution in [0.25, 0.3) is 0 Å². The normalized spacial score (nSPS) is 25.1. The molecule has 22 heavy (non-hydrogen) atoms. The van der Waals surface area contributed by atoms with Gasteiger partial charge in [-0.3, -0.25) is 9.59 Å². The SMILES string of the molecule is O=C(O)C1CCN(C(=O)C2CC2c2ccc(Cl)cc2Cl)CC1. The molecule has 3 rings (SSSR count). The number of carboxylic acid groups (broad SMARTS) is 1. The molecule has 2 atom stereocenters. The Morgan fingerprint density at radius 1 is 1.18 bits per heavy atom. The molecule has 2 unspecified atom stereocenters. The van der Waals surface area contributed by atoms with Crippen LogP contribution in [0.3, 0.4) is 0 Å². The van der Waals surface area contributed by atoms with E-state index in [4.69, 9.17) is 28.3 Å². The molecule has 1 saturated heterocycles. The van der Waals surface area contributed by atoms with Crippen LogP contribution in [0.1, 0.15) is 30.7 Å². The molecule has 1 saturated carbocycles. The lowest BCUT2D eigenvalue weighted by molar-refractivity contribution is -0.146. The third-order valence-corrected chi connectivity index (χ3v) is 5.19. The van der Waals surface area contributed by atoms with Crippen LogP contribution < -0.4 is 0 Å². The Balaban J connectivity index is 1.60. The second kappa shape index (κ2) is 6.09. The molecule has 118 valence electrons. The summed E-state index contributed by atoms with van der Waals surface area (Å²) in [6.45, 7) is 1.07. The number of rotatable bonds is 3. The standard InChI is InChI=1S/C16H17Cl2NO3/c17-10-1-2-11(14(18)7-10)12-8-13(12)15(20)19-5-3-9(4-6-19)16(21)22/h1-2,7,9,12-13H,3-6,8H2,(H,21,22). The van der Waals surface area contributed by atoms with Crippen LogP contribution in [-0.4, -0.2) is 35.0 Å². The Morgan fingerprint density at radius 3 is 2.45 bits per heavy atom. The summed E-state index contributed by atoms with van der Waals surface area (Å²) in [4.78, 5) is 25.3. The molecule has 1 aliphatic carbocycles. The number of hydrogen-bond donors (Lipinski definition) is 1. The number of nitrogens with zero attached hydrogens (tertiary/aromatic N) is 1. The first-order valence-electron chi connectivity index (χ1n) is 7.44. The van der Waals surface area contributed by atoms with Gasteiger partial charge in [-0.2, -0.15) is 0 Å². The monoisotopic (exact) mass is 341 g/mol. The van der Waals surface area contributed by atoms with E-state index < -0.39 is 5.97 Å². The molecule has 0 spiro atoms. The van der Waals surface area contributed by atoms with Gasteiger partial charge >= 0.3 is 5.97 Å². The third kappa shape index (κ3) is 3.08. The first-order chi connectivity index (χ1) is 10.5. The summed E-state index contributed by atoms with van der Waals surface area (Å²) in [5, 5.41) is 10.2. The van der Waals surface area contributed by atoms with Gasteiger partial charge in [0.25, 0.3) is 0 Å². The lowest BCUT2D eigenvalue weighted by Crippen LogP contribution is -2.41. The van der Waals surface area contributed by atoms with Crippen molar-refractivity contribution in [1.82, 2.24) is 4.90 Å². The maximum Gasteiger partial charge on any atom is 0.306 e. The zero-order chi connectivity index (χ0) is 15.9. The minimum absolute atomic E-state index is 0.0277. The fraction of sp³-hybridized carbons (Fsp3) is 0.500. The van der Waals surface area contributed by atoms with E-state index in [1.165, 1.54) is 0 Å². The van der Waals surface area contributed by atoms with E-state index >= 15 is 0 Å². The number of carbonyl (C=O) groups is 2. The van der Waals surface area contributed by atoms with Crippen molar-refractivity contribution < 1.29 is 14.7 Å². The number of carbonyl (C=O) groups excluding carboxylic acids is 1. The zero-order valence-corrected chi connectivity index (χ0v) is 13.5. The van der Waals surface area contributed by atoms with E-state index in [9.17, 15) is 9.59 Å². The van der Waals surface area contributed by atoms with Crippen molar-refractivity contribution in [3.63, 3.8) is 0 Å². The van der Waals surface area contributed by atoms with Crippen LogP contribution in [0.5, 0.6) is 0 Å². The second-order valence-corrected chi connectivity index (χ2v) is 6.90. The van der Waals surface area contributed by atoms with Crippen LogP contribution in [-0.2, 0) is 9.59 Å². The molecule has 1 heterocycles. The number of carboxylic acids is 1. The fourth-order valence-electron chi connectivity index (χ4n) is 3.20. The summed E-state index contributed by atoms with van der Waals surface area (Å²) in [6.07, 6.45) is 1.89. The number of hydrogen-bond acceptors (Lipinski definition) is 2. The number of amides is 1. The number of likely N-dealkylation sites (tertiary alicyclic amines) is 1. The number of aliphatic carboxylic acids is 1. The third-order valence-electron chi connectivity index (χ3n) is 4.63. The average molecular weight is 342 g/mol. The van der Waals surface area contributed by atoms with Gasteiger partial charge < -0.3 is 10.0 Å². The van der Waals surface area contributed by atoms with Crippen molar-refractivity contribution >= 4 is 35.1 Å². The predicted octanol–water partition coefficient (Wildman–Crippen LogP) is 3.42. The lowest BCUT2D eigenvalue weighted by Gasteiger charge is -2.30. The Morgan fingerprint density at radius 2 is 1.86 bits per heavy atom. The summed E-state index contributed by atoms with van der Waals surface area (Å²) in [7, 11) is 0. The molecule has 4 nitrogen and oxygen atoms in total. The summed E-state index contributed by atoms with van der Waals surface area (Å²) in [5.41, 5.74) is 0.977. The van der Waals surface area contributed by atoms with E-state index in [0.29, 0.717) is 36.0 Å². The quantitative estimate of drug-likeness (QED) is 0.916. The van der Waals surface area contributed by atoms with Crippen molar-refractivity contribution in [2.45, 2.75) is 25.2 Å². The Bertz CT molecular complexity index is 611. The maximum absolute atomic E-state index is 12.5. The highest BCUT2D eigenvalue weighted by Gasteiger charge is 2.47. The van der Waals surface area contributed by atoms with Gasteiger partial charge in [-0.05, 0) is 42.9 Å². The van der Waals surface area contributed by atoms with Crippen LogP contribution in [0, 0.1) is 11.8 Å². The number of piperidine rings is 1. The van der Waals surface area contributed by atoms with Crippen molar-refractivity contribution in [3.8, 4) is 0 Å². The summed E-state index contributed by atoms with van der Waals surface area (Å²) < 4.78 is 0. The topological polar surface area (TPSA) is 57.6 Å². The lowest BCUT2D eigenvalue weighted by atomic mass is 9.96. The molecular weight excluding hydrogens is 325 g/mol. The van der Waals surface area contributed by atoms with Crippen LogP contribution in [0.15, 0.2) is 18.2 Å². The predicted molar refractivity (Wildman–Crippen MR) is 84.2 cm³/mol. The van der Waals surface area contributed by atoms with Crippen molar-refractivity contribution in [2.75, 3.05) is 13.1 Å². The van der Waals surface area contributed by atoms with Crippen LogP contribution >= 0.6 is 23.2 Å². The fourth-order valence-corrected chi connectivity index (χ4v) is 3.74. The molecule has 2 aliphatic rings. The highest BCUT2D eigenvalue weighted by atomic mass is 35.5. The zero-order valence-electron chi connectivity index (χ0n) is 12.0. The smallest absolute Gasteiger partial charge is 0.306 e. The average Bonchev–Trinajstić information content (AvgIpc) is 3.27. The molecule has 1 N–H and O–H groups in total. The summed E-state index contributed by atoms with van der Waals surface area (Å²) in [6, 6.07) is 5.39. The van der Waals surface area contributed by atoms with Gasteiger partial charge in [-0.1, -0.05) is 29.3 Å².